The average molecular weight is 934 g/mol. The number of halogens is 2. The summed E-state index contributed by atoms with van der Waals surface area (Å²) in [7, 11) is 0. The van der Waals surface area contributed by atoms with E-state index in [0.717, 1.165) is 7.14 Å². The van der Waals surface area contributed by atoms with E-state index < -0.39 is 54.3 Å². The standard InChI is InChI=1S/C32H20I2O6.2Y/c35-31(36)21-3-1-5-25(19-21)33-23-7-11-27(12-8-23)39-29-15-17-30(18-16-29)40-28-13-9-24(10-14-28)34-26-6-2-4-22(20-26)32(37)38;;/h1-20H;;/p+2. The largest absolute Gasteiger partial charge is 0.478 e. The molecule has 0 heterocycles. The SMILES string of the molecule is O=C(O)c1cccc([I+]c2ccc(Oc3ccc(Oc4ccc([I+]c5cccc(C(=O)O)c5)cc4)cc3)cc2)c1.[Y].[Y]. The summed E-state index contributed by atoms with van der Waals surface area (Å²) in [4.78, 5) is 22.4. The smallest absolute Gasteiger partial charge is 0.357 e. The van der Waals surface area contributed by atoms with Crippen LogP contribution in [0.25, 0.3) is 0 Å². The summed E-state index contributed by atoms with van der Waals surface area (Å²) in [5.74, 6) is 0.980. The zero-order valence-corrected chi connectivity index (χ0v) is 32.0. The molecule has 2 radical (unpaired) electrons. The van der Waals surface area contributed by atoms with Crippen molar-refractivity contribution in [2.45, 2.75) is 0 Å². The first-order valence-electron chi connectivity index (χ1n) is 12.0. The van der Waals surface area contributed by atoms with Crippen LogP contribution in [-0.4, -0.2) is 22.2 Å². The minimum atomic E-state index is -0.914. The molecule has 0 saturated heterocycles. The Hall–Kier alpha value is -1.69. The Labute approximate surface area is 314 Å². The molecule has 5 aromatic carbocycles. The zero-order chi connectivity index (χ0) is 27.9. The first-order valence-corrected chi connectivity index (χ1v) is 16.3. The van der Waals surface area contributed by atoms with Gasteiger partial charge in [0.25, 0.3) is 0 Å². The van der Waals surface area contributed by atoms with Gasteiger partial charge < -0.3 is 19.7 Å². The molecule has 0 atom stereocenters. The molecular weight excluding hydrogens is 912 g/mol. The van der Waals surface area contributed by atoms with E-state index in [1.165, 1.54) is 7.14 Å². The van der Waals surface area contributed by atoms with Crippen molar-refractivity contribution in [2.75, 3.05) is 0 Å². The molecule has 5 aromatic rings. The molecule has 204 valence electrons. The average Bonchev–Trinajstić information content (AvgIpc) is 2.96. The van der Waals surface area contributed by atoms with Gasteiger partial charge in [-0.2, -0.15) is 0 Å². The Morgan fingerprint density at radius 2 is 0.762 bits per heavy atom. The third-order valence-electron chi connectivity index (χ3n) is 5.50. The van der Waals surface area contributed by atoms with E-state index in [2.05, 4.69) is 0 Å². The third kappa shape index (κ3) is 10.2. The van der Waals surface area contributed by atoms with Crippen LogP contribution in [0.5, 0.6) is 23.0 Å². The number of hydrogen-bond acceptors (Lipinski definition) is 4. The van der Waals surface area contributed by atoms with Crippen molar-refractivity contribution in [3.8, 4) is 23.0 Å². The molecular formula is C32H22I2O6Y2+2. The van der Waals surface area contributed by atoms with Crippen molar-refractivity contribution in [1.29, 1.82) is 0 Å². The van der Waals surface area contributed by atoms with E-state index >= 15 is 0 Å². The molecule has 5 rings (SSSR count). The van der Waals surface area contributed by atoms with Crippen LogP contribution < -0.4 is 51.9 Å². The number of carboxylic acid groups (broad SMARTS) is 2. The number of aromatic carboxylic acids is 2. The molecule has 0 unspecified atom stereocenters. The monoisotopic (exact) mass is 934 g/mol. The summed E-state index contributed by atoms with van der Waals surface area (Å²) in [6.45, 7) is 0. The van der Waals surface area contributed by atoms with Gasteiger partial charge in [-0.05, 0) is 97.1 Å². The summed E-state index contributed by atoms with van der Waals surface area (Å²) >= 11 is -0.982. The van der Waals surface area contributed by atoms with Gasteiger partial charge in [0.2, 0.25) is 0 Å². The second-order valence-corrected chi connectivity index (χ2v) is 14.5. The second kappa shape index (κ2) is 17.0. The van der Waals surface area contributed by atoms with Gasteiger partial charge in [-0.25, -0.2) is 9.59 Å². The Morgan fingerprint density at radius 1 is 0.452 bits per heavy atom. The zero-order valence-electron chi connectivity index (χ0n) is 22.0. The molecule has 10 heteroatoms. The molecule has 0 saturated carbocycles. The number of hydrogen-bond donors (Lipinski definition) is 2. The van der Waals surface area contributed by atoms with Crippen LogP contribution in [0.15, 0.2) is 121 Å². The van der Waals surface area contributed by atoms with E-state index in [4.69, 9.17) is 9.47 Å². The molecule has 0 bridgehead atoms. The Bertz CT molecular complexity index is 1520. The summed E-state index contributed by atoms with van der Waals surface area (Å²) < 4.78 is 16.4. The maximum atomic E-state index is 11.2. The van der Waals surface area contributed by atoms with Crippen molar-refractivity contribution in [3.05, 3.63) is 147 Å². The molecule has 0 amide bonds. The Kier molecular flexibility index (Phi) is 14.1. The van der Waals surface area contributed by atoms with Crippen LogP contribution in [0.1, 0.15) is 20.7 Å². The number of carbonyl (C=O) groups is 2. The molecule has 0 aromatic heterocycles. The van der Waals surface area contributed by atoms with Crippen molar-refractivity contribution in [2.24, 2.45) is 0 Å². The van der Waals surface area contributed by atoms with E-state index in [0.29, 0.717) is 34.1 Å². The van der Waals surface area contributed by atoms with Crippen molar-refractivity contribution in [1.82, 2.24) is 0 Å². The van der Waals surface area contributed by atoms with Gasteiger partial charge in [0.05, 0.1) is 11.1 Å². The molecule has 0 fully saturated rings. The molecule has 0 spiro atoms. The quantitative estimate of drug-likeness (QED) is 0.203. The van der Waals surface area contributed by atoms with Gasteiger partial charge in [-0.3, -0.25) is 0 Å². The third-order valence-corrected chi connectivity index (χ3v) is 10.8. The first-order chi connectivity index (χ1) is 19.4. The van der Waals surface area contributed by atoms with E-state index in [1.54, 1.807) is 36.4 Å². The maximum Gasteiger partial charge on any atom is 0.357 e. The van der Waals surface area contributed by atoms with Gasteiger partial charge >= 0.3 is 54.3 Å². The fraction of sp³-hybridized carbons (Fsp3) is 0. The van der Waals surface area contributed by atoms with Gasteiger partial charge in [0, 0.05) is 77.6 Å². The van der Waals surface area contributed by atoms with Gasteiger partial charge in [0.15, 0.2) is 14.3 Å². The Morgan fingerprint density at radius 3 is 1.07 bits per heavy atom. The summed E-state index contributed by atoms with van der Waals surface area (Å²) in [6, 6.07) is 37.3. The summed E-state index contributed by atoms with van der Waals surface area (Å²) in [5, 5.41) is 18.4. The Balaban J connectivity index is 0.00000242. The van der Waals surface area contributed by atoms with Crippen LogP contribution in [0.3, 0.4) is 0 Å². The van der Waals surface area contributed by atoms with Crippen LogP contribution in [0.4, 0.5) is 0 Å². The van der Waals surface area contributed by atoms with E-state index in [1.807, 2.05) is 84.9 Å². The minimum Gasteiger partial charge on any atom is -0.478 e. The second-order valence-electron chi connectivity index (χ2n) is 8.40. The number of carboxylic acids is 2. The molecule has 0 aliphatic rings. The number of benzene rings is 5. The minimum absolute atomic E-state index is 0. The topological polar surface area (TPSA) is 93.1 Å². The molecule has 0 aliphatic heterocycles. The first kappa shape index (κ1) is 34.8. The predicted octanol–water partition coefficient (Wildman–Crippen LogP) is 0.919. The number of rotatable bonds is 10. The summed E-state index contributed by atoms with van der Waals surface area (Å²) in [5.41, 5.74) is 0.618. The van der Waals surface area contributed by atoms with Crippen LogP contribution in [0.2, 0.25) is 0 Å². The van der Waals surface area contributed by atoms with Gasteiger partial charge in [0.1, 0.15) is 23.0 Å². The fourth-order valence-corrected chi connectivity index (χ4v) is 8.23. The van der Waals surface area contributed by atoms with E-state index in [9.17, 15) is 19.8 Å². The maximum absolute atomic E-state index is 11.2. The van der Waals surface area contributed by atoms with E-state index in [-0.39, 0.29) is 65.4 Å². The van der Waals surface area contributed by atoms with Crippen molar-refractivity contribution in [3.63, 3.8) is 0 Å². The van der Waals surface area contributed by atoms with Crippen LogP contribution in [-0.2, 0) is 65.4 Å². The normalized spacial score (nSPS) is 10.1. The number of ether oxygens (including phenoxy) is 2. The van der Waals surface area contributed by atoms with Crippen LogP contribution in [0, 0.1) is 14.3 Å². The van der Waals surface area contributed by atoms with Crippen LogP contribution >= 0.6 is 0 Å². The molecule has 2 N–H and O–H groups in total. The summed E-state index contributed by atoms with van der Waals surface area (Å²) in [6.07, 6.45) is 0. The van der Waals surface area contributed by atoms with Crippen molar-refractivity contribution < 1.29 is 137 Å². The van der Waals surface area contributed by atoms with Gasteiger partial charge in [-0.15, -0.1) is 0 Å². The van der Waals surface area contributed by atoms with Crippen molar-refractivity contribution >= 4 is 11.9 Å². The molecule has 0 aliphatic carbocycles. The predicted molar refractivity (Wildman–Crippen MR) is 141 cm³/mol. The molecule has 42 heavy (non-hydrogen) atoms. The molecule has 6 nitrogen and oxygen atoms in total. The fourth-order valence-electron chi connectivity index (χ4n) is 3.59. The van der Waals surface area contributed by atoms with Gasteiger partial charge in [-0.1, -0.05) is 12.1 Å².